The second-order valence-electron chi connectivity index (χ2n) is 9.30. The van der Waals surface area contributed by atoms with E-state index in [1.807, 2.05) is 13.0 Å². The standard InChI is InChI=1S/C23H34F2N4O2/c1-17-13-18(23(2,3)4)5-6-20(17)31-16-19(30)14-27-9-11-28(12-10-27)15-21-26-7-8-29(21)22(24)25/h5-8,13,19,22,30H,9-12,14-16H2,1-4H3/t19-/m1/s1. The highest BCUT2D eigenvalue weighted by Crippen LogP contribution is 2.27. The van der Waals surface area contributed by atoms with Crippen LogP contribution in [-0.4, -0.2) is 69.9 Å². The van der Waals surface area contributed by atoms with Gasteiger partial charge in [-0.2, -0.15) is 8.78 Å². The number of alkyl halides is 2. The third-order valence-electron chi connectivity index (χ3n) is 5.73. The first-order valence-electron chi connectivity index (χ1n) is 10.8. The van der Waals surface area contributed by atoms with Crippen molar-refractivity contribution in [3.63, 3.8) is 0 Å². The van der Waals surface area contributed by atoms with Crippen LogP contribution in [0.4, 0.5) is 8.78 Å². The van der Waals surface area contributed by atoms with E-state index in [0.29, 0.717) is 18.9 Å². The quantitative estimate of drug-likeness (QED) is 0.687. The Balaban J connectivity index is 1.42. The summed E-state index contributed by atoms with van der Waals surface area (Å²) in [7, 11) is 0. The average Bonchev–Trinajstić information content (AvgIpc) is 3.16. The first kappa shape index (κ1) is 23.6. The number of aliphatic hydroxyl groups excluding tert-OH is 1. The van der Waals surface area contributed by atoms with Crippen LogP contribution in [0.25, 0.3) is 0 Å². The number of rotatable bonds is 8. The van der Waals surface area contributed by atoms with Crippen LogP contribution in [0.15, 0.2) is 30.6 Å². The van der Waals surface area contributed by atoms with Gasteiger partial charge in [-0.3, -0.25) is 14.4 Å². The molecule has 1 fully saturated rings. The van der Waals surface area contributed by atoms with Gasteiger partial charge in [0.2, 0.25) is 0 Å². The molecule has 1 aromatic heterocycles. The first-order chi connectivity index (χ1) is 14.6. The number of ether oxygens (including phenoxy) is 1. The van der Waals surface area contributed by atoms with E-state index in [9.17, 15) is 13.9 Å². The molecule has 1 aromatic carbocycles. The van der Waals surface area contributed by atoms with Crippen molar-refractivity contribution in [2.24, 2.45) is 0 Å². The number of nitrogens with zero attached hydrogens (tertiary/aromatic N) is 4. The number of piperazine rings is 1. The molecule has 8 heteroatoms. The number of hydrogen-bond donors (Lipinski definition) is 1. The summed E-state index contributed by atoms with van der Waals surface area (Å²) >= 11 is 0. The SMILES string of the molecule is Cc1cc(C(C)(C)C)ccc1OC[C@H](O)CN1CCN(Cc2nccn2C(F)F)CC1. The molecule has 1 N–H and O–H groups in total. The van der Waals surface area contributed by atoms with Gasteiger partial charge in [0.05, 0.1) is 6.54 Å². The minimum absolute atomic E-state index is 0.0869. The molecule has 1 aliphatic rings. The van der Waals surface area contributed by atoms with Crippen LogP contribution < -0.4 is 4.74 Å². The second kappa shape index (κ2) is 10.1. The van der Waals surface area contributed by atoms with Gasteiger partial charge in [-0.05, 0) is 29.5 Å². The van der Waals surface area contributed by atoms with Crippen molar-refractivity contribution in [2.75, 3.05) is 39.3 Å². The van der Waals surface area contributed by atoms with Gasteiger partial charge in [0.25, 0.3) is 0 Å². The van der Waals surface area contributed by atoms with Gasteiger partial charge in [0.15, 0.2) is 0 Å². The van der Waals surface area contributed by atoms with Gasteiger partial charge in [-0.1, -0.05) is 32.9 Å². The molecule has 31 heavy (non-hydrogen) atoms. The molecule has 1 saturated heterocycles. The Morgan fingerprint density at radius 2 is 1.81 bits per heavy atom. The highest BCUT2D eigenvalue weighted by molar-refractivity contribution is 5.38. The van der Waals surface area contributed by atoms with Crippen LogP contribution in [0.3, 0.4) is 0 Å². The molecule has 3 rings (SSSR count). The van der Waals surface area contributed by atoms with Gasteiger partial charge in [0.1, 0.15) is 24.3 Å². The topological polar surface area (TPSA) is 53.8 Å². The zero-order valence-corrected chi connectivity index (χ0v) is 18.9. The molecule has 1 atom stereocenters. The van der Waals surface area contributed by atoms with E-state index in [4.69, 9.17) is 4.74 Å². The van der Waals surface area contributed by atoms with E-state index >= 15 is 0 Å². The predicted molar refractivity (Wildman–Crippen MR) is 117 cm³/mol. The van der Waals surface area contributed by atoms with Crippen molar-refractivity contribution in [2.45, 2.75) is 52.3 Å². The molecule has 6 nitrogen and oxygen atoms in total. The van der Waals surface area contributed by atoms with Crippen molar-refractivity contribution in [3.8, 4) is 5.75 Å². The molecule has 1 aliphatic heterocycles. The summed E-state index contributed by atoms with van der Waals surface area (Å²) in [6.45, 7) is 10.2. The summed E-state index contributed by atoms with van der Waals surface area (Å²) in [4.78, 5) is 8.34. The fraction of sp³-hybridized carbons (Fsp3) is 0.609. The lowest BCUT2D eigenvalue weighted by Gasteiger charge is -2.35. The van der Waals surface area contributed by atoms with Crippen LogP contribution in [0.2, 0.25) is 0 Å². The number of imidazole rings is 1. The maximum Gasteiger partial charge on any atom is 0.319 e. The summed E-state index contributed by atoms with van der Waals surface area (Å²) in [6.07, 6.45) is 2.13. The molecule has 2 heterocycles. The minimum Gasteiger partial charge on any atom is -0.491 e. The molecule has 0 amide bonds. The van der Waals surface area contributed by atoms with Crippen LogP contribution >= 0.6 is 0 Å². The Kier molecular flexibility index (Phi) is 7.67. The molecule has 0 radical (unpaired) electrons. The molecule has 0 aliphatic carbocycles. The number of aryl methyl sites for hydroxylation is 1. The van der Waals surface area contributed by atoms with Gasteiger partial charge < -0.3 is 9.84 Å². The summed E-state index contributed by atoms with van der Waals surface area (Å²) in [5, 5.41) is 10.4. The lowest BCUT2D eigenvalue weighted by molar-refractivity contribution is 0.0397. The van der Waals surface area contributed by atoms with Crippen molar-refractivity contribution in [1.29, 1.82) is 0 Å². The highest BCUT2D eigenvalue weighted by Gasteiger charge is 2.22. The first-order valence-corrected chi connectivity index (χ1v) is 10.8. The second-order valence-corrected chi connectivity index (χ2v) is 9.30. The van der Waals surface area contributed by atoms with Crippen molar-refractivity contribution < 1.29 is 18.6 Å². The molecule has 0 spiro atoms. The highest BCUT2D eigenvalue weighted by atomic mass is 19.3. The number of halogens is 2. The van der Waals surface area contributed by atoms with E-state index in [2.05, 4.69) is 47.7 Å². The van der Waals surface area contributed by atoms with E-state index in [0.717, 1.165) is 42.1 Å². The Morgan fingerprint density at radius 1 is 1.13 bits per heavy atom. The maximum atomic E-state index is 13.0. The zero-order chi connectivity index (χ0) is 22.6. The molecular weight excluding hydrogens is 402 g/mol. The largest absolute Gasteiger partial charge is 0.491 e. The van der Waals surface area contributed by atoms with E-state index in [-0.39, 0.29) is 12.0 Å². The summed E-state index contributed by atoms with van der Waals surface area (Å²) in [5.74, 6) is 1.18. The van der Waals surface area contributed by atoms with E-state index in [1.54, 1.807) is 0 Å². The normalized spacial score (nSPS) is 17.3. The van der Waals surface area contributed by atoms with Gasteiger partial charge in [-0.15, -0.1) is 0 Å². The average molecular weight is 437 g/mol. The van der Waals surface area contributed by atoms with Crippen LogP contribution in [0.1, 0.15) is 44.3 Å². The van der Waals surface area contributed by atoms with Crippen molar-refractivity contribution in [3.05, 3.63) is 47.5 Å². The Bertz CT molecular complexity index is 842. The number of β-amino-alcohol motifs (C(OH)–C–C–N with tert-alkyl or cyclic N) is 1. The fourth-order valence-corrected chi connectivity index (χ4v) is 3.79. The summed E-state index contributed by atoms with van der Waals surface area (Å²) in [5.41, 5.74) is 2.41. The van der Waals surface area contributed by atoms with Crippen molar-refractivity contribution >= 4 is 0 Å². The number of hydrogen-bond acceptors (Lipinski definition) is 5. The summed E-state index contributed by atoms with van der Waals surface area (Å²) in [6, 6.07) is 6.19. The maximum absolute atomic E-state index is 13.0. The van der Waals surface area contributed by atoms with Crippen molar-refractivity contribution in [1.82, 2.24) is 19.4 Å². The molecular formula is C23H34F2N4O2. The predicted octanol–water partition coefficient (Wildman–Crippen LogP) is 3.44. The van der Waals surface area contributed by atoms with Gasteiger partial charge in [-0.25, -0.2) is 4.98 Å². The third-order valence-corrected chi connectivity index (χ3v) is 5.73. The Morgan fingerprint density at radius 3 is 2.42 bits per heavy atom. The van der Waals surface area contributed by atoms with Crippen LogP contribution in [0, 0.1) is 6.92 Å². The molecule has 2 aromatic rings. The molecule has 0 saturated carbocycles. The number of aromatic nitrogens is 2. The molecule has 0 unspecified atom stereocenters. The molecule has 0 bridgehead atoms. The Hall–Kier alpha value is -2.03. The lowest BCUT2D eigenvalue weighted by Crippen LogP contribution is -2.49. The number of aliphatic hydroxyl groups is 1. The van der Waals surface area contributed by atoms with E-state index in [1.165, 1.54) is 18.0 Å². The Labute approximate surface area is 183 Å². The van der Waals surface area contributed by atoms with E-state index < -0.39 is 12.7 Å². The van der Waals surface area contributed by atoms with Gasteiger partial charge >= 0.3 is 6.55 Å². The summed E-state index contributed by atoms with van der Waals surface area (Å²) < 4.78 is 32.7. The van der Waals surface area contributed by atoms with Crippen LogP contribution in [0.5, 0.6) is 5.75 Å². The fourth-order valence-electron chi connectivity index (χ4n) is 3.79. The number of benzene rings is 1. The zero-order valence-electron chi connectivity index (χ0n) is 18.9. The smallest absolute Gasteiger partial charge is 0.319 e. The third kappa shape index (κ3) is 6.48. The van der Waals surface area contributed by atoms with Crippen LogP contribution in [-0.2, 0) is 12.0 Å². The molecule has 172 valence electrons. The minimum atomic E-state index is -2.57. The monoisotopic (exact) mass is 436 g/mol. The van der Waals surface area contributed by atoms with Gasteiger partial charge in [0, 0.05) is 45.1 Å². The lowest BCUT2D eigenvalue weighted by atomic mass is 9.86.